The smallest absolute Gasteiger partial charge is 0.261 e. The quantitative estimate of drug-likeness (QED) is 0.509. The Morgan fingerprint density at radius 2 is 1.84 bits per heavy atom. The largest absolute Gasteiger partial charge is 0.483 e. The maximum Gasteiger partial charge on any atom is 0.261 e. The highest BCUT2D eigenvalue weighted by atomic mass is 79.9. The number of aryl methyl sites for hydroxylation is 2. The van der Waals surface area contributed by atoms with E-state index in [9.17, 15) is 9.59 Å². The fraction of sp³-hybridized carbons (Fsp3) is 0.440. The van der Waals surface area contributed by atoms with Gasteiger partial charge in [-0.2, -0.15) is 0 Å². The molecule has 0 aliphatic carbocycles. The summed E-state index contributed by atoms with van der Waals surface area (Å²) in [5, 5.41) is 2.98. The van der Waals surface area contributed by atoms with Crippen LogP contribution in [0, 0.1) is 6.92 Å². The van der Waals surface area contributed by atoms with Crippen LogP contribution in [0.2, 0.25) is 0 Å². The second kappa shape index (κ2) is 11.9. The van der Waals surface area contributed by atoms with Crippen molar-refractivity contribution >= 4 is 27.7 Å². The van der Waals surface area contributed by atoms with Gasteiger partial charge in [0, 0.05) is 12.6 Å². The number of amides is 2. The summed E-state index contributed by atoms with van der Waals surface area (Å²) in [6.45, 7) is 10.0. The molecule has 5 nitrogen and oxygen atoms in total. The summed E-state index contributed by atoms with van der Waals surface area (Å²) in [6, 6.07) is 13.2. The normalized spacial score (nSPS) is 12.7. The molecule has 0 aromatic heterocycles. The van der Waals surface area contributed by atoms with Crippen LogP contribution in [0.1, 0.15) is 50.8 Å². The second-order valence-electron chi connectivity index (χ2n) is 7.91. The molecule has 0 aliphatic heterocycles. The number of nitrogens with one attached hydrogen (secondary N) is 1. The Morgan fingerprint density at radius 1 is 1.10 bits per heavy atom. The molecular weight excluding hydrogens is 456 g/mol. The molecule has 0 spiro atoms. The van der Waals surface area contributed by atoms with Crippen LogP contribution in [-0.4, -0.2) is 35.4 Å². The molecule has 31 heavy (non-hydrogen) atoms. The van der Waals surface area contributed by atoms with Crippen molar-refractivity contribution in [2.45, 2.75) is 66.1 Å². The van der Waals surface area contributed by atoms with E-state index >= 15 is 0 Å². The predicted molar refractivity (Wildman–Crippen MR) is 128 cm³/mol. The van der Waals surface area contributed by atoms with Gasteiger partial charge in [0.05, 0.1) is 4.47 Å². The Bertz CT molecular complexity index is 900. The van der Waals surface area contributed by atoms with E-state index in [1.54, 1.807) is 11.8 Å². The van der Waals surface area contributed by atoms with Crippen LogP contribution in [0.4, 0.5) is 0 Å². The lowest BCUT2D eigenvalue weighted by Crippen LogP contribution is -2.50. The van der Waals surface area contributed by atoms with Crippen molar-refractivity contribution in [2.24, 2.45) is 0 Å². The van der Waals surface area contributed by atoms with Gasteiger partial charge in [-0.25, -0.2) is 0 Å². The van der Waals surface area contributed by atoms with Gasteiger partial charge in [0.2, 0.25) is 5.91 Å². The molecule has 0 saturated carbocycles. The van der Waals surface area contributed by atoms with Crippen molar-refractivity contribution in [1.82, 2.24) is 10.2 Å². The number of benzene rings is 2. The van der Waals surface area contributed by atoms with Crippen molar-refractivity contribution < 1.29 is 14.3 Å². The first-order valence-corrected chi connectivity index (χ1v) is 11.6. The van der Waals surface area contributed by atoms with Crippen LogP contribution in [0.15, 0.2) is 46.9 Å². The van der Waals surface area contributed by atoms with Gasteiger partial charge in [0.25, 0.3) is 5.91 Å². The van der Waals surface area contributed by atoms with Crippen LogP contribution in [0.25, 0.3) is 0 Å². The Morgan fingerprint density at radius 3 is 2.45 bits per heavy atom. The molecule has 168 valence electrons. The van der Waals surface area contributed by atoms with E-state index < -0.39 is 6.04 Å². The first kappa shape index (κ1) is 24.9. The van der Waals surface area contributed by atoms with E-state index in [-0.39, 0.29) is 24.5 Å². The third kappa shape index (κ3) is 7.39. The molecule has 0 radical (unpaired) electrons. The molecule has 0 aliphatic rings. The Hall–Kier alpha value is -2.34. The third-order valence-electron chi connectivity index (χ3n) is 5.36. The molecule has 2 atom stereocenters. The molecule has 2 amide bonds. The molecule has 0 fully saturated rings. The molecule has 6 heteroatoms. The fourth-order valence-electron chi connectivity index (χ4n) is 3.16. The van der Waals surface area contributed by atoms with Crippen molar-refractivity contribution in [2.75, 3.05) is 6.61 Å². The summed E-state index contributed by atoms with van der Waals surface area (Å²) < 4.78 is 6.62. The minimum Gasteiger partial charge on any atom is -0.483 e. The van der Waals surface area contributed by atoms with Crippen LogP contribution < -0.4 is 10.1 Å². The number of hydrogen-bond donors (Lipinski definition) is 1. The van der Waals surface area contributed by atoms with Gasteiger partial charge in [0.15, 0.2) is 6.61 Å². The van der Waals surface area contributed by atoms with Crippen LogP contribution >= 0.6 is 15.9 Å². The zero-order valence-electron chi connectivity index (χ0n) is 19.1. The summed E-state index contributed by atoms with van der Waals surface area (Å²) in [4.78, 5) is 27.5. The zero-order valence-corrected chi connectivity index (χ0v) is 20.7. The molecule has 2 rings (SSSR count). The number of carbonyl (C=O) groups is 2. The van der Waals surface area contributed by atoms with Gasteiger partial charge in [-0.15, -0.1) is 0 Å². The number of nitrogens with zero attached hydrogens (tertiary/aromatic N) is 1. The number of ether oxygens (including phenoxy) is 1. The average Bonchev–Trinajstić information content (AvgIpc) is 2.75. The summed E-state index contributed by atoms with van der Waals surface area (Å²) >= 11 is 3.51. The molecule has 0 bridgehead atoms. The van der Waals surface area contributed by atoms with Crippen LogP contribution in [0.3, 0.4) is 0 Å². The first-order chi connectivity index (χ1) is 14.7. The molecule has 2 unspecified atom stereocenters. The van der Waals surface area contributed by atoms with Gasteiger partial charge in [-0.3, -0.25) is 9.59 Å². The van der Waals surface area contributed by atoms with Gasteiger partial charge < -0.3 is 15.0 Å². The van der Waals surface area contributed by atoms with Gasteiger partial charge in [0.1, 0.15) is 11.8 Å². The summed E-state index contributed by atoms with van der Waals surface area (Å²) in [6.07, 6.45) is 1.75. The molecule has 0 heterocycles. The predicted octanol–water partition coefficient (Wildman–Crippen LogP) is 5.03. The van der Waals surface area contributed by atoms with Gasteiger partial charge in [-0.05, 0) is 72.8 Å². The summed E-state index contributed by atoms with van der Waals surface area (Å²) in [7, 11) is 0. The number of hydrogen-bond acceptors (Lipinski definition) is 3. The van der Waals surface area contributed by atoms with E-state index in [0.29, 0.717) is 12.3 Å². The molecule has 0 saturated heterocycles. The lowest BCUT2D eigenvalue weighted by atomic mass is 10.1. The van der Waals surface area contributed by atoms with Crippen molar-refractivity contribution in [3.05, 3.63) is 63.6 Å². The topological polar surface area (TPSA) is 58.6 Å². The van der Waals surface area contributed by atoms with E-state index in [1.807, 2.05) is 63.2 Å². The Kier molecular flexibility index (Phi) is 9.56. The minimum atomic E-state index is -0.614. The standard InChI is InChI=1S/C25H33BrN2O3/c1-6-18(4)27-25(30)19(5)28(15-21-10-8-9-17(3)13-21)24(29)16-31-23-12-11-20(7-2)14-22(23)26/h8-14,18-19H,6-7,15-16H2,1-5H3,(H,27,30). The average molecular weight is 489 g/mol. The van der Waals surface area contributed by atoms with Crippen molar-refractivity contribution in [3.8, 4) is 5.75 Å². The third-order valence-corrected chi connectivity index (χ3v) is 5.98. The van der Waals surface area contributed by atoms with Crippen molar-refractivity contribution in [1.29, 1.82) is 0 Å². The van der Waals surface area contributed by atoms with E-state index in [4.69, 9.17) is 4.74 Å². The fourth-order valence-corrected chi connectivity index (χ4v) is 3.70. The zero-order chi connectivity index (χ0) is 23.0. The SMILES string of the molecule is CCc1ccc(OCC(=O)N(Cc2cccc(C)c2)C(C)C(=O)NC(C)CC)c(Br)c1. The Labute approximate surface area is 194 Å². The number of halogens is 1. The van der Waals surface area contributed by atoms with Crippen LogP contribution in [-0.2, 0) is 22.6 Å². The second-order valence-corrected chi connectivity index (χ2v) is 8.77. The molecule has 1 N–H and O–H groups in total. The summed E-state index contributed by atoms with van der Waals surface area (Å²) in [5.41, 5.74) is 3.27. The number of carbonyl (C=O) groups excluding carboxylic acids is 2. The number of rotatable bonds is 10. The maximum absolute atomic E-state index is 13.1. The van der Waals surface area contributed by atoms with E-state index in [0.717, 1.165) is 28.4 Å². The lowest BCUT2D eigenvalue weighted by Gasteiger charge is -2.29. The van der Waals surface area contributed by atoms with Crippen molar-refractivity contribution in [3.63, 3.8) is 0 Å². The van der Waals surface area contributed by atoms with E-state index in [2.05, 4.69) is 28.2 Å². The van der Waals surface area contributed by atoms with E-state index in [1.165, 1.54) is 5.56 Å². The van der Waals surface area contributed by atoms with Gasteiger partial charge >= 0.3 is 0 Å². The maximum atomic E-state index is 13.1. The monoisotopic (exact) mass is 488 g/mol. The molecule has 2 aromatic carbocycles. The highest BCUT2D eigenvalue weighted by Gasteiger charge is 2.27. The highest BCUT2D eigenvalue weighted by molar-refractivity contribution is 9.10. The molecule has 2 aromatic rings. The molecular formula is C25H33BrN2O3. The highest BCUT2D eigenvalue weighted by Crippen LogP contribution is 2.26. The minimum absolute atomic E-state index is 0.0511. The first-order valence-electron chi connectivity index (χ1n) is 10.8. The Balaban J connectivity index is 2.17. The van der Waals surface area contributed by atoms with Gasteiger partial charge in [-0.1, -0.05) is 49.7 Å². The summed E-state index contributed by atoms with van der Waals surface area (Å²) in [5.74, 6) is 0.210. The van der Waals surface area contributed by atoms with Crippen LogP contribution in [0.5, 0.6) is 5.75 Å². The lowest BCUT2D eigenvalue weighted by molar-refractivity contribution is -0.142.